The van der Waals surface area contributed by atoms with Crippen molar-refractivity contribution in [3.63, 3.8) is 0 Å². The highest BCUT2D eigenvalue weighted by molar-refractivity contribution is 5.96. The van der Waals surface area contributed by atoms with E-state index in [-0.39, 0.29) is 11.4 Å². The molecular weight excluding hydrogens is 381 g/mol. The molecule has 0 bridgehead atoms. The number of halogens is 1. The van der Waals surface area contributed by atoms with Crippen LogP contribution in [0.2, 0.25) is 0 Å². The van der Waals surface area contributed by atoms with Gasteiger partial charge < -0.3 is 0 Å². The molecule has 5 rings (SSSR count). The lowest BCUT2D eigenvalue weighted by Crippen LogP contribution is -2.26. The van der Waals surface area contributed by atoms with E-state index in [0.717, 1.165) is 16.6 Å². The van der Waals surface area contributed by atoms with Crippen LogP contribution in [0.5, 0.6) is 0 Å². The van der Waals surface area contributed by atoms with Gasteiger partial charge in [-0.05, 0) is 49.7 Å². The number of nitrogens with zero attached hydrogens (tertiary/aromatic N) is 5. The standard InChI is InChI=1S/C23H18FN5O/c1-14-21-20-12-19(17-8-10-18(24)11-9-17)27-29(20)15(2)25-22(21)23(30)28(26-14)13-16-6-4-3-5-7-16/h3-12H,13H2,1-2H3. The minimum atomic E-state index is -0.301. The van der Waals surface area contributed by atoms with Gasteiger partial charge in [0.25, 0.3) is 5.56 Å². The predicted octanol–water partition coefficient (Wildman–Crippen LogP) is 3.91. The third kappa shape index (κ3) is 2.95. The Labute approximate surface area is 171 Å². The zero-order chi connectivity index (χ0) is 20.8. The first-order chi connectivity index (χ1) is 14.5. The molecule has 148 valence electrons. The smallest absolute Gasteiger partial charge is 0.265 e. The second-order valence-electron chi connectivity index (χ2n) is 7.25. The van der Waals surface area contributed by atoms with Crippen LogP contribution >= 0.6 is 0 Å². The summed E-state index contributed by atoms with van der Waals surface area (Å²) in [5.41, 5.74) is 4.04. The minimum absolute atomic E-state index is 0.241. The van der Waals surface area contributed by atoms with Crippen molar-refractivity contribution in [1.29, 1.82) is 0 Å². The molecule has 0 N–H and O–H groups in total. The van der Waals surface area contributed by atoms with Crippen molar-refractivity contribution in [1.82, 2.24) is 24.4 Å². The maximum absolute atomic E-state index is 13.3. The van der Waals surface area contributed by atoms with Crippen LogP contribution in [0.1, 0.15) is 17.1 Å². The average molecular weight is 399 g/mol. The fourth-order valence-electron chi connectivity index (χ4n) is 3.73. The van der Waals surface area contributed by atoms with Crippen LogP contribution in [0.3, 0.4) is 0 Å². The van der Waals surface area contributed by atoms with Crippen molar-refractivity contribution < 1.29 is 4.39 Å². The van der Waals surface area contributed by atoms with Gasteiger partial charge in [-0.1, -0.05) is 30.3 Å². The monoisotopic (exact) mass is 399 g/mol. The Morgan fingerprint density at radius 1 is 0.967 bits per heavy atom. The molecule has 30 heavy (non-hydrogen) atoms. The molecule has 0 fully saturated rings. The highest BCUT2D eigenvalue weighted by Gasteiger charge is 2.17. The SMILES string of the molecule is Cc1nn(Cc2ccccc2)c(=O)c2nc(C)n3nc(-c4ccc(F)cc4)cc3c12. The molecule has 3 heterocycles. The van der Waals surface area contributed by atoms with Gasteiger partial charge >= 0.3 is 0 Å². The van der Waals surface area contributed by atoms with Gasteiger partial charge in [-0.2, -0.15) is 10.2 Å². The fourth-order valence-corrected chi connectivity index (χ4v) is 3.73. The van der Waals surface area contributed by atoms with Crippen LogP contribution < -0.4 is 5.56 Å². The number of hydrogen-bond donors (Lipinski definition) is 0. The largest absolute Gasteiger partial charge is 0.293 e. The van der Waals surface area contributed by atoms with Gasteiger partial charge in [-0.25, -0.2) is 18.6 Å². The molecule has 0 atom stereocenters. The zero-order valence-electron chi connectivity index (χ0n) is 16.5. The van der Waals surface area contributed by atoms with Gasteiger partial charge in [-0.15, -0.1) is 0 Å². The number of hydrogen-bond acceptors (Lipinski definition) is 4. The highest BCUT2D eigenvalue weighted by Crippen LogP contribution is 2.26. The van der Waals surface area contributed by atoms with E-state index in [1.807, 2.05) is 50.2 Å². The van der Waals surface area contributed by atoms with Gasteiger partial charge in [0.1, 0.15) is 17.2 Å². The molecule has 0 aliphatic heterocycles. The van der Waals surface area contributed by atoms with Gasteiger partial charge in [0.05, 0.1) is 28.8 Å². The maximum atomic E-state index is 13.3. The summed E-state index contributed by atoms with van der Waals surface area (Å²) < 4.78 is 16.4. The van der Waals surface area contributed by atoms with Gasteiger partial charge in [0, 0.05) is 5.56 Å². The summed E-state index contributed by atoms with van der Waals surface area (Å²) in [6, 6.07) is 17.8. The molecular formula is C23H18FN5O. The Hall–Kier alpha value is -3.87. The van der Waals surface area contributed by atoms with Crippen molar-refractivity contribution in [2.75, 3.05) is 0 Å². The third-order valence-electron chi connectivity index (χ3n) is 5.17. The van der Waals surface area contributed by atoms with Gasteiger partial charge in [-0.3, -0.25) is 4.79 Å². The van der Waals surface area contributed by atoms with Gasteiger partial charge in [0.2, 0.25) is 0 Å². The quantitative estimate of drug-likeness (QED) is 0.461. The Morgan fingerprint density at radius 2 is 1.70 bits per heavy atom. The van der Waals surface area contributed by atoms with E-state index in [1.54, 1.807) is 16.6 Å². The summed E-state index contributed by atoms with van der Waals surface area (Å²) in [4.78, 5) is 17.7. The number of aryl methyl sites for hydroxylation is 2. The van der Waals surface area contributed by atoms with Crippen molar-refractivity contribution in [3.05, 3.63) is 93.9 Å². The zero-order valence-corrected chi connectivity index (χ0v) is 16.5. The normalized spacial score (nSPS) is 11.4. The molecule has 0 radical (unpaired) electrons. The van der Waals surface area contributed by atoms with E-state index in [1.165, 1.54) is 16.8 Å². The topological polar surface area (TPSA) is 65.1 Å². The molecule has 0 saturated carbocycles. The summed E-state index contributed by atoms with van der Waals surface area (Å²) in [6.07, 6.45) is 0. The Morgan fingerprint density at radius 3 is 2.43 bits per heavy atom. The lowest BCUT2D eigenvalue weighted by molar-refractivity contribution is 0.628. The Bertz CT molecular complexity index is 1450. The summed E-state index contributed by atoms with van der Waals surface area (Å²) in [5, 5.41) is 9.84. The molecule has 0 saturated heterocycles. The summed E-state index contributed by atoms with van der Waals surface area (Å²) >= 11 is 0. The van der Waals surface area contributed by atoms with Crippen LogP contribution in [-0.2, 0) is 6.54 Å². The first-order valence-corrected chi connectivity index (χ1v) is 9.59. The predicted molar refractivity (Wildman–Crippen MR) is 113 cm³/mol. The number of aromatic nitrogens is 5. The van der Waals surface area contributed by atoms with Crippen LogP contribution in [0, 0.1) is 19.7 Å². The van der Waals surface area contributed by atoms with Crippen LogP contribution in [0.25, 0.3) is 27.7 Å². The number of benzene rings is 2. The van der Waals surface area contributed by atoms with Crippen LogP contribution in [0.4, 0.5) is 4.39 Å². The summed E-state index contributed by atoms with van der Waals surface area (Å²) in [5.74, 6) is 0.296. The average Bonchev–Trinajstić information content (AvgIpc) is 3.19. The first-order valence-electron chi connectivity index (χ1n) is 9.59. The molecule has 0 aliphatic rings. The van der Waals surface area contributed by atoms with Crippen molar-refractivity contribution in [2.45, 2.75) is 20.4 Å². The lowest BCUT2D eigenvalue weighted by atomic mass is 10.1. The van der Waals surface area contributed by atoms with E-state index >= 15 is 0 Å². The molecule has 0 unspecified atom stereocenters. The van der Waals surface area contributed by atoms with Crippen molar-refractivity contribution >= 4 is 16.4 Å². The van der Waals surface area contributed by atoms with Crippen molar-refractivity contribution in [2.24, 2.45) is 0 Å². The molecule has 0 aliphatic carbocycles. The highest BCUT2D eigenvalue weighted by atomic mass is 19.1. The van der Waals surface area contributed by atoms with E-state index < -0.39 is 0 Å². The summed E-state index contributed by atoms with van der Waals surface area (Å²) in [6.45, 7) is 4.05. The first kappa shape index (κ1) is 18.2. The van der Waals surface area contributed by atoms with E-state index in [4.69, 9.17) is 0 Å². The number of rotatable bonds is 3. The second kappa shape index (κ2) is 6.88. The fraction of sp³-hybridized carbons (Fsp3) is 0.130. The maximum Gasteiger partial charge on any atom is 0.293 e. The minimum Gasteiger partial charge on any atom is -0.265 e. The van der Waals surface area contributed by atoms with Crippen LogP contribution in [0.15, 0.2) is 65.5 Å². The second-order valence-corrected chi connectivity index (χ2v) is 7.25. The molecule has 7 heteroatoms. The molecule has 0 spiro atoms. The van der Waals surface area contributed by atoms with Gasteiger partial charge in [0.15, 0.2) is 0 Å². The van der Waals surface area contributed by atoms with E-state index in [9.17, 15) is 9.18 Å². The Balaban J connectivity index is 1.73. The third-order valence-corrected chi connectivity index (χ3v) is 5.17. The molecule has 3 aromatic heterocycles. The molecule has 2 aromatic carbocycles. The summed E-state index contributed by atoms with van der Waals surface area (Å²) in [7, 11) is 0. The molecule has 5 aromatic rings. The van der Waals surface area contributed by atoms with E-state index in [0.29, 0.717) is 34.7 Å². The molecule has 0 amide bonds. The van der Waals surface area contributed by atoms with Crippen LogP contribution in [-0.4, -0.2) is 24.4 Å². The van der Waals surface area contributed by atoms with E-state index in [2.05, 4.69) is 15.2 Å². The number of fused-ring (bicyclic) bond motifs is 3. The lowest BCUT2D eigenvalue weighted by Gasteiger charge is -2.10. The Kier molecular flexibility index (Phi) is 4.17. The van der Waals surface area contributed by atoms with Crippen molar-refractivity contribution in [3.8, 4) is 11.3 Å². The molecule has 6 nitrogen and oxygen atoms in total.